The zero-order valence-corrected chi connectivity index (χ0v) is 14.0. The Morgan fingerprint density at radius 3 is 2.52 bits per heavy atom. The van der Waals surface area contributed by atoms with E-state index in [1.54, 1.807) is 24.3 Å². The van der Waals surface area contributed by atoms with Crippen molar-refractivity contribution in [3.8, 4) is 0 Å². The van der Waals surface area contributed by atoms with Gasteiger partial charge in [0.05, 0.1) is 5.54 Å². The van der Waals surface area contributed by atoms with Gasteiger partial charge in [-0.1, -0.05) is 11.6 Å². The van der Waals surface area contributed by atoms with E-state index in [0.717, 1.165) is 38.5 Å². The first kappa shape index (κ1) is 15.4. The van der Waals surface area contributed by atoms with Crippen molar-refractivity contribution in [1.29, 1.82) is 0 Å². The van der Waals surface area contributed by atoms with E-state index < -0.39 is 0 Å². The molecule has 23 heavy (non-hydrogen) atoms. The van der Waals surface area contributed by atoms with E-state index in [9.17, 15) is 9.90 Å². The van der Waals surface area contributed by atoms with E-state index >= 15 is 0 Å². The Hall–Kier alpha value is -1.10. The summed E-state index contributed by atoms with van der Waals surface area (Å²) < 4.78 is 0. The van der Waals surface area contributed by atoms with Crippen molar-refractivity contribution < 1.29 is 9.90 Å². The second kappa shape index (κ2) is 5.76. The van der Waals surface area contributed by atoms with Crippen molar-refractivity contribution in [2.24, 2.45) is 11.8 Å². The summed E-state index contributed by atoms with van der Waals surface area (Å²) in [7, 11) is 0. The van der Waals surface area contributed by atoms with Gasteiger partial charge in [0.15, 0.2) is 0 Å². The highest BCUT2D eigenvalue weighted by molar-refractivity contribution is 6.30. The fraction of sp³-hybridized carbons (Fsp3) is 0.611. The summed E-state index contributed by atoms with van der Waals surface area (Å²) in [5, 5.41) is 10.2. The molecule has 0 radical (unpaired) electrons. The topological polar surface area (TPSA) is 43.8 Å². The minimum absolute atomic E-state index is 0.0890. The highest BCUT2D eigenvalue weighted by Crippen LogP contribution is 2.43. The van der Waals surface area contributed by atoms with E-state index in [1.165, 1.54) is 12.8 Å². The quantitative estimate of drug-likeness (QED) is 0.918. The number of nitrogens with zero attached hydrogens (tertiary/aromatic N) is 2. The number of carbonyl (C=O) groups excluding carboxylic acids is 1. The molecule has 4 rings (SSSR count). The monoisotopic (exact) mass is 334 g/mol. The van der Waals surface area contributed by atoms with Crippen LogP contribution < -0.4 is 0 Å². The molecule has 1 aromatic rings. The number of carbonyl (C=O) groups is 1. The van der Waals surface area contributed by atoms with Crippen LogP contribution in [-0.4, -0.2) is 59.1 Å². The van der Waals surface area contributed by atoms with Gasteiger partial charge >= 0.3 is 0 Å². The summed E-state index contributed by atoms with van der Waals surface area (Å²) in [4.78, 5) is 17.1. The second-order valence-corrected chi connectivity index (χ2v) is 7.93. The average molecular weight is 335 g/mol. The highest BCUT2D eigenvalue weighted by Gasteiger charge is 2.54. The molecule has 2 saturated heterocycles. The zero-order valence-electron chi connectivity index (χ0n) is 13.2. The van der Waals surface area contributed by atoms with Gasteiger partial charge in [-0.05, 0) is 55.4 Å². The fourth-order valence-corrected chi connectivity index (χ4v) is 4.28. The van der Waals surface area contributed by atoms with Gasteiger partial charge in [0.1, 0.15) is 0 Å². The maximum Gasteiger partial charge on any atom is 0.253 e. The van der Waals surface area contributed by atoms with Gasteiger partial charge in [-0.2, -0.15) is 0 Å². The van der Waals surface area contributed by atoms with E-state index in [0.29, 0.717) is 16.5 Å². The molecule has 1 amide bonds. The van der Waals surface area contributed by atoms with Gasteiger partial charge < -0.3 is 10.0 Å². The number of likely N-dealkylation sites (tertiary alicyclic amines) is 2. The minimum atomic E-state index is 0.0890. The first-order valence-corrected chi connectivity index (χ1v) is 8.88. The number of aliphatic hydroxyl groups excluding tert-OH is 1. The lowest BCUT2D eigenvalue weighted by Gasteiger charge is -2.53. The second-order valence-electron chi connectivity index (χ2n) is 7.49. The van der Waals surface area contributed by atoms with E-state index in [1.807, 2.05) is 4.90 Å². The Bertz CT molecular complexity index is 594. The average Bonchev–Trinajstić information content (AvgIpc) is 3.24. The first-order chi connectivity index (χ1) is 11.1. The minimum Gasteiger partial charge on any atom is -0.396 e. The Labute approximate surface area is 142 Å². The molecular weight excluding hydrogens is 312 g/mol. The lowest BCUT2D eigenvalue weighted by atomic mass is 9.84. The molecule has 4 nitrogen and oxygen atoms in total. The Morgan fingerprint density at radius 1 is 1.22 bits per heavy atom. The molecule has 1 aromatic carbocycles. The summed E-state index contributed by atoms with van der Waals surface area (Å²) in [5.41, 5.74) is 0.813. The fourth-order valence-electron chi connectivity index (χ4n) is 4.15. The van der Waals surface area contributed by atoms with Crippen LogP contribution in [0.1, 0.15) is 29.6 Å². The Morgan fingerprint density at radius 2 is 1.91 bits per heavy atom. The summed E-state index contributed by atoms with van der Waals surface area (Å²) in [6.07, 6.45) is 3.69. The van der Waals surface area contributed by atoms with Crippen LogP contribution >= 0.6 is 11.6 Å². The van der Waals surface area contributed by atoms with E-state index in [2.05, 4.69) is 4.90 Å². The molecule has 0 aromatic heterocycles. The lowest BCUT2D eigenvalue weighted by Crippen LogP contribution is -2.69. The molecule has 2 heterocycles. The number of hydrogen-bond acceptors (Lipinski definition) is 3. The molecule has 1 spiro atoms. The van der Waals surface area contributed by atoms with Crippen LogP contribution in [-0.2, 0) is 0 Å². The maximum atomic E-state index is 12.6. The van der Waals surface area contributed by atoms with Gasteiger partial charge in [0.2, 0.25) is 0 Å². The molecule has 0 unspecified atom stereocenters. The summed E-state index contributed by atoms with van der Waals surface area (Å²) in [6, 6.07) is 7.12. The zero-order chi connectivity index (χ0) is 16.0. The Kier molecular flexibility index (Phi) is 3.87. The molecule has 1 saturated carbocycles. The van der Waals surface area contributed by atoms with Gasteiger partial charge in [0.25, 0.3) is 5.91 Å². The van der Waals surface area contributed by atoms with E-state index in [4.69, 9.17) is 11.6 Å². The van der Waals surface area contributed by atoms with Crippen LogP contribution in [0.25, 0.3) is 0 Å². The van der Waals surface area contributed by atoms with Crippen molar-refractivity contribution in [3.63, 3.8) is 0 Å². The molecule has 3 aliphatic rings. The van der Waals surface area contributed by atoms with Crippen molar-refractivity contribution in [1.82, 2.24) is 9.80 Å². The summed E-state index contributed by atoms with van der Waals surface area (Å²) >= 11 is 5.89. The molecule has 1 N–H and O–H groups in total. The number of benzene rings is 1. The highest BCUT2D eigenvalue weighted by atomic mass is 35.5. The molecule has 0 bridgehead atoms. The number of aliphatic hydroxyl groups is 1. The van der Waals surface area contributed by atoms with Crippen molar-refractivity contribution >= 4 is 17.5 Å². The van der Waals surface area contributed by atoms with Gasteiger partial charge in [-0.25, -0.2) is 0 Å². The van der Waals surface area contributed by atoms with Crippen LogP contribution in [0.15, 0.2) is 24.3 Å². The van der Waals surface area contributed by atoms with Crippen molar-refractivity contribution in [2.75, 3.05) is 32.8 Å². The summed E-state index contributed by atoms with van der Waals surface area (Å²) in [5.74, 6) is 1.29. The Balaban J connectivity index is 1.43. The van der Waals surface area contributed by atoms with Gasteiger partial charge in [0, 0.05) is 43.4 Å². The van der Waals surface area contributed by atoms with Gasteiger partial charge in [-0.3, -0.25) is 9.69 Å². The molecule has 5 heteroatoms. The van der Waals surface area contributed by atoms with Crippen molar-refractivity contribution in [2.45, 2.75) is 24.8 Å². The van der Waals surface area contributed by atoms with Gasteiger partial charge in [-0.15, -0.1) is 0 Å². The van der Waals surface area contributed by atoms with Crippen molar-refractivity contribution in [3.05, 3.63) is 34.9 Å². The van der Waals surface area contributed by atoms with Crippen LogP contribution in [0.2, 0.25) is 5.02 Å². The predicted octanol–water partition coefficient (Wildman–Crippen LogP) is 2.26. The predicted molar refractivity (Wildman–Crippen MR) is 89.6 cm³/mol. The SMILES string of the molecule is O=C(c1ccc(Cl)cc1)N1CC2(C[C@H](CO)CN2CC2CC2)C1. The third kappa shape index (κ3) is 2.88. The number of hydrogen-bond donors (Lipinski definition) is 1. The number of rotatable bonds is 4. The standard InChI is InChI=1S/C18H23ClN2O2/c19-16-5-3-15(4-6-16)17(23)20-11-18(12-20)7-14(10-22)9-21(18)8-13-1-2-13/h3-6,13-14,22H,1-2,7-12H2/t14-/m0/s1. The number of halogens is 1. The lowest BCUT2D eigenvalue weighted by molar-refractivity contribution is -0.0199. The number of amides is 1. The van der Waals surface area contributed by atoms with Crippen LogP contribution in [0.5, 0.6) is 0 Å². The first-order valence-electron chi connectivity index (χ1n) is 8.50. The summed E-state index contributed by atoms with van der Waals surface area (Å²) in [6.45, 7) is 3.96. The van der Waals surface area contributed by atoms with Crippen LogP contribution in [0.4, 0.5) is 0 Å². The third-order valence-corrected chi connectivity index (χ3v) is 5.85. The smallest absolute Gasteiger partial charge is 0.253 e. The van der Waals surface area contributed by atoms with E-state index in [-0.39, 0.29) is 18.1 Å². The molecule has 2 aliphatic heterocycles. The van der Waals surface area contributed by atoms with Crippen LogP contribution in [0.3, 0.4) is 0 Å². The molecule has 3 fully saturated rings. The normalized spacial score (nSPS) is 26.5. The third-order valence-electron chi connectivity index (χ3n) is 5.60. The molecule has 124 valence electrons. The molecule has 1 aliphatic carbocycles. The largest absolute Gasteiger partial charge is 0.396 e. The maximum absolute atomic E-state index is 12.6. The molecular formula is C18H23ClN2O2. The van der Waals surface area contributed by atoms with Crippen LogP contribution in [0, 0.1) is 11.8 Å². The molecule has 1 atom stereocenters.